The maximum absolute atomic E-state index is 14.5. The standard InChI is InChI=1S/C26H37F2N5O/c1-7-17(3)13-19(27)14-21-18(4)29-15-22(21)25-30-16-23(28)26(32-25)31-20(8-2)11-9-10-12-24(34)33(5)6/h13-16,20,29H,7-12H2,1-6H3,(H,30,31,32)/b17-13+,19-14+/t20-/m1/s1. The van der Waals surface area contributed by atoms with Crippen LogP contribution >= 0.6 is 0 Å². The number of hydrogen-bond acceptors (Lipinski definition) is 4. The summed E-state index contributed by atoms with van der Waals surface area (Å²) in [6, 6.07) is 0.0126. The lowest BCUT2D eigenvalue weighted by Crippen LogP contribution is -2.22. The molecular weight excluding hydrogens is 436 g/mol. The zero-order chi connectivity index (χ0) is 25.3. The van der Waals surface area contributed by atoms with E-state index in [9.17, 15) is 13.6 Å². The van der Waals surface area contributed by atoms with Gasteiger partial charge in [0.2, 0.25) is 5.91 Å². The molecule has 2 rings (SSSR count). The van der Waals surface area contributed by atoms with E-state index >= 15 is 0 Å². The second-order valence-corrected chi connectivity index (χ2v) is 8.79. The van der Waals surface area contributed by atoms with Gasteiger partial charge in [0, 0.05) is 49.6 Å². The monoisotopic (exact) mass is 473 g/mol. The number of unbranched alkanes of at least 4 members (excludes halogenated alkanes) is 1. The molecule has 186 valence electrons. The van der Waals surface area contributed by atoms with Gasteiger partial charge in [0.05, 0.1) is 6.20 Å². The third-order valence-corrected chi connectivity index (χ3v) is 5.86. The number of aryl methyl sites for hydroxylation is 1. The number of carbonyl (C=O) groups is 1. The number of nitrogens with zero attached hydrogens (tertiary/aromatic N) is 3. The van der Waals surface area contributed by atoms with Crippen molar-refractivity contribution in [1.82, 2.24) is 19.9 Å². The number of hydrogen-bond donors (Lipinski definition) is 2. The normalized spacial score (nSPS) is 13.2. The minimum absolute atomic E-state index is 0.0126. The van der Waals surface area contributed by atoms with Crippen molar-refractivity contribution in [1.29, 1.82) is 0 Å². The van der Waals surface area contributed by atoms with Gasteiger partial charge >= 0.3 is 0 Å². The van der Waals surface area contributed by atoms with Crippen molar-refractivity contribution < 1.29 is 13.6 Å². The molecule has 6 nitrogen and oxygen atoms in total. The Labute approximate surface area is 201 Å². The number of amides is 1. The lowest BCUT2D eigenvalue weighted by Gasteiger charge is -2.18. The number of anilines is 1. The molecule has 2 aromatic rings. The van der Waals surface area contributed by atoms with E-state index in [4.69, 9.17) is 0 Å². The highest BCUT2D eigenvalue weighted by Gasteiger charge is 2.17. The molecule has 0 aliphatic carbocycles. The molecule has 34 heavy (non-hydrogen) atoms. The van der Waals surface area contributed by atoms with E-state index < -0.39 is 5.82 Å². The minimum Gasteiger partial charge on any atom is -0.365 e. The number of carbonyl (C=O) groups excluding carboxylic acids is 1. The molecule has 0 saturated carbocycles. The number of aromatic amines is 1. The third-order valence-electron chi connectivity index (χ3n) is 5.86. The summed E-state index contributed by atoms with van der Waals surface area (Å²) < 4.78 is 29.1. The highest BCUT2D eigenvalue weighted by atomic mass is 19.1. The Balaban J connectivity index is 2.19. The molecule has 0 saturated heterocycles. The van der Waals surface area contributed by atoms with Gasteiger partial charge < -0.3 is 15.2 Å². The Morgan fingerprint density at radius 3 is 2.68 bits per heavy atom. The molecule has 2 aromatic heterocycles. The fourth-order valence-electron chi connectivity index (χ4n) is 3.49. The van der Waals surface area contributed by atoms with Crippen LogP contribution in [0.3, 0.4) is 0 Å². The van der Waals surface area contributed by atoms with Gasteiger partial charge in [0.15, 0.2) is 17.5 Å². The zero-order valence-electron chi connectivity index (χ0n) is 21.1. The zero-order valence-corrected chi connectivity index (χ0v) is 21.1. The molecule has 1 amide bonds. The fraction of sp³-hybridized carbons (Fsp3) is 0.500. The van der Waals surface area contributed by atoms with Gasteiger partial charge in [-0.2, -0.15) is 0 Å². The number of rotatable bonds is 12. The van der Waals surface area contributed by atoms with Crippen LogP contribution in [0.5, 0.6) is 0 Å². The van der Waals surface area contributed by atoms with Crippen LogP contribution < -0.4 is 5.32 Å². The number of aromatic nitrogens is 3. The molecule has 0 aromatic carbocycles. The van der Waals surface area contributed by atoms with E-state index in [0.717, 1.165) is 49.6 Å². The summed E-state index contributed by atoms with van der Waals surface area (Å²) in [6.07, 6.45) is 10.3. The Morgan fingerprint density at radius 1 is 1.29 bits per heavy atom. The van der Waals surface area contributed by atoms with Crippen LogP contribution in [0.2, 0.25) is 0 Å². The smallest absolute Gasteiger partial charge is 0.222 e. The van der Waals surface area contributed by atoms with Crippen LogP contribution in [0.15, 0.2) is 29.9 Å². The molecule has 0 fully saturated rings. The second-order valence-electron chi connectivity index (χ2n) is 8.79. The second kappa shape index (κ2) is 13.0. The Kier molecular flexibility index (Phi) is 10.4. The summed E-state index contributed by atoms with van der Waals surface area (Å²) in [4.78, 5) is 25.0. The number of H-pyrrole nitrogens is 1. The lowest BCUT2D eigenvalue weighted by molar-refractivity contribution is -0.128. The van der Waals surface area contributed by atoms with Crippen LogP contribution in [0.25, 0.3) is 17.5 Å². The van der Waals surface area contributed by atoms with Crippen molar-refractivity contribution in [2.75, 3.05) is 19.4 Å². The molecule has 0 aliphatic heterocycles. The molecule has 0 spiro atoms. The summed E-state index contributed by atoms with van der Waals surface area (Å²) in [6.45, 7) is 7.72. The summed E-state index contributed by atoms with van der Waals surface area (Å²) in [5.74, 6) is -0.354. The van der Waals surface area contributed by atoms with Gasteiger partial charge in [-0.05, 0) is 51.7 Å². The molecule has 0 unspecified atom stereocenters. The van der Waals surface area contributed by atoms with Gasteiger partial charge in [-0.3, -0.25) is 4.79 Å². The molecule has 0 aliphatic rings. The first kappa shape index (κ1) is 27.2. The first-order chi connectivity index (χ1) is 16.2. The Hall–Kier alpha value is -3.03. The molecule has 1 atom stereocenters. The predicted octanol–water partition coefficient (Wildman–Crippen LogP) is 6.43. The lowest BCUT2D eigenvalue weighted by atomic mass is 10.1. The Morgan fingerprint density at radius 2 is 2.03 bits per heavy atom. The summed E-state index contributed by atoms with van der Waals surface area (Å²) in [7, 11) is 3.50. The SMILES string of the molecule is CC/C(C)=C/C(F)=C\c1c(-c2ncc(F)c(N[C@H](CC)CCCCC(=O)N(C)C)n2)c[nH]c1C. The van der Waals surface area contributed by atoms with Crippen LogP contribution in [0, 0.1) is 12.7 Å². The molecule has 2 N–H and O–H groups in total. The van der Waals surface area contributed by atoms with Gasteiger partial charge in [0.1, 0.15) is 5.83 Å². The van der Waals surface area contributed by atoms with Crippen molar-refractivity contribution >= 4 is 17.8 Å². The van der Waals surface area contributed by atoms with E-state index in [-0.39, 0.29) is 23.6 Å². The first-order valence-corrected chi connectivity index (χ1v) is 11.9. The van der Waals surface area contributed by atoms with Crippen molar-refractivity contribution in [3.63, 3.8) is 0 Å². The summed E-state index contributed by atoms with van der Waals surface area (Å²) in [5.41, 5.74) is 2.94. The minimum atomic E-state index is -0.540. The molecule has 0 bridgehead atoms. The van der Waals surface area contributed by atoms with E-state index in [1.165, 1.54) is 12.2 Å². The highest BCUT2D eigenvalue weighted by molar-refractivity contribution is 5.75. The van der Waals surface area contributed by atoms with Gasteiger partial charge in [0.25, 0.3) is 0 Å². The first-order valence-electron chi connectivity index (χ1n) is 11.9. The number of halogens is 2. The predicted molar refractivity (Wildman–Crippen MR) is 135 cm³/mol. The van der Waals surface area contributed by atoms with Gasteiger partial charge in [-0.25, -0.2) is 18.7 Å². The van der Waals surface area contributed by atoms with E-state index in [1.807, 2.05) is 27.7 Å². The van der Waals surface area contributed by atoms with Gasteiger partial charge in [-0.1, -0.05) is 25.8 Å². The average molecular weight is 474 g/mol. The van der Waals surface area contributed by atoms with E-state index in [2.05, 4.69) is 20.3 Å². The topological polar surface area (TPSA) is 73.9 Å². The van der Waals surface area contributed by atoms with Crippen LogP contribution in [-0.2, 0) is 4.79 Å². The molecule has 8 heteroatoms. The quantitative estimate of drug-likeness (QED) is 0.275. The van der Waals surface area contributed by atoms with Gasteiger partial charge in [-0.15, -0.1) is 0 Å². The van der Waals surface area contributed by atoms with Crippen LogP contribution in [0.1, 0.15) is 70.6 Å². The number of allylic oxidation sites excluding steroid dienone is 3. The largest absolute Gasteiger partial charge is 0.365 e. The number of nitrogens with one attached hydrogen (secondary N) is 2. The van der Waals surface area contributed by atoms with Crippen LogP contribution in [-0.4, -0.2) is 45.9 Å². The highest BCUT2D eigenvalue weighted by Crippen LogP contribution is 2.28. The Bertz CT molecular complexity index is 1030. The third kappa shape index (κ3) is 7.78. The maximum Gasteiger partial charge on any atom is 0.222 e. The fourth-order valence-corrected chi connectivity index (χ4v) is 3.49. The molecule has 2 heterocycles. The summed E-state index contributed by atoms with van der Waals surface area (Å²) in [5, 5.41) is 3.19. The van der Waals surface area contributed by atoms with Crippen LogP contribution in [0.4, 0.5) is 14.6 Å². The van der Waals surface area contributed by atoms with Crippen molar-refractivity contribution in [2.24, 2.45) is 0 Å². The molecular formula is C26H37F2N5O. The van der Waals surface area contributed by atoms with E-state index in [1.54, 1.807) is 25.2 Å². The molecule has 0 radical (unpaired) electrons. The average Bonchev–Trinajstić information content (AvgIpc) is 3.16. The van der Waals surface area contributed by atoms with Crippen molar-refractivity contribution in [3.8, 4) is 11.4 Å². The maximum atomic E-state index is 14.5. The van der Waals surface area contributed by atoms with Crippen molar-refractivity contribution in [2.45, 2.75) is 72.3 Å². The summed E-state index contributed by atoms with van der Waals surface area (Å²) >= 11 is 0. The van der Waals surface area contributed by atoms with E-state index in [0.29, 0.717) is 23.4 Å². The van der Waals surface area contributed by atoms with Crippen molar-refractivity contribution in [3.05, 3.63) is 46.9 Å².